The Bertz CT molecular complexity index is 417. The zero-order valence-electron chi connectivity index (χ0n) is 6.51. The lowest BCUT2D eigenvalue weighted by atomic mass is 10.2. The van der Waals surface area contributed by atoms with Gasteiger partial charge in [0.15, 0.2) is 10.7 Å². The first-order valence-electron chi connectivity index (χ1n) is 3.33. The van der Waals surface area contributed by atoms with Crippen LogP contribution in [0.3, 0.4) is 0 Å². The SMILES string of the molecule is O=[SH](=O)c1cc(Br)cc(C(F)(F)F)c1. The smallest absolute Gasteiger partial charge is 0.227 e. The van der Waals surface area contributed by atoms with Crippen LogP contribution in [0.25, 0.3) is 0 Å². The molecule has 0 spiro atoms. The normalized spacial score (nSPS) is 12.1. The van der Waals surface area contributed by atoms with Gasteiger partial charge in [-0.25, -0.2) is 8.42 Å². The molecule has 0 aliphatic rings. The van der Waals surface area contributed by atoms with Crippen molar-refractivity contribution in [3.8, 4) is 0 Å². The maximum atomic E-state index is 12.2. The lowest BCUT2D eigenvalue weighted by Crippen LogP contribution is -2.05. The Morgan fingerprint density at radius 1 is 1.14 bits per heavy atom. The number of hydrogen-bond acceptors (Lipinski definition) is 2. The van der Waals surface area contributed by atoms with Crippen molar-refractivity contribution in [1.82, 2.24) is 0 Å². The minimum Gasteiger partial charge on any atom is -0.227 e. The zero-order valence-corrected chi connectivity index (χ0v) is 8.99. The first kappa shape index (κ1) is 11.5. The summed E-state index contributed by atoms with van der Waals surface area (Å²) in [5.74, 6) is 0. The zero-order chi connectivity index (χ0) is 10.9. The number of rotatable bonds is 1. The molecule has 0 aliphatic carbocycles. The highest BCUT2D eigenvalue weighted by molar-refractivity contribution is 9.10. The van der Waals surface area contributed by atoms with Crippen molar-refractivity contribution in [2.75, 3.05) is 0 Å². The first-order chi connectivity index (χ1) is 6.30. The number of alkyl halides is 3. The van der Waals surface area contributed by atoms with Gasteiger partial charge in [0.1, 0.15) is 0 Å². The Morgan fingerprint density at radius 3 is 2.14 bits per heavy atom. The van der Waals surface area contributed by atoms with Crippen LogP contribution >= 0.6 is 15.9 Å². The molecule has 2 nitrogen and oxygen atoms in total. The van der Waals surface area contributed by atoms with Gasteiger partial charge < -0.3 is 0 Å². The van der Waals surface area contributed by atoms with Gasteiger partial charge in [-0.05, 0) is 18.2 Å². The second kappa shape index (κ2) is 3.90. The highest BCUT2D eigenvalue weighted by atomic mass is 79.9. The van der Waals surface area contributed by atoms with Gasteiger partial charge in [-0.15, -0.1) is 0 Å². The summed E-state index contributed by atoms with van der Waals surface area (Å²) in [5, 5.41) is 0. The molecule has 0 fully saturated rings. The highest BCUT2D eigenvalue weighted by Crippen LogP contribution is 2.32. The Balaban J connectivity index is 3.35. The average Bonchev–Trinajstić information content (AvgIpc) is 2.01. The van der Waals surface area contributed by atoms with E-state index in [9.17, 15) is 21.6 Å². The lowest BCUT2D eigenvalue weighted by molar-refractivity contribution is -0.137. The molecule has 0 heterocycles. The minimum atomic E-state index is -4.54. The van der Waals surface area contributed by atoms with Crippen LogP contribution in [-0.4, -0.2) is 8.42 Å². The third-order valence-corrected chi connectivity index (χ3v) is 2.56. The Hall–Kier alpha value is -0.560. The van der Waals surface area contributed by atoms with E-state index in [1.807, 2.05) is 0 Å². The molecule has 1 aromatic carbocycles. The molecule has 0 aliphatic heterocycles. The van der Waals surface area contributed by atoms with Crippen molar-refractivity contribution in [1.29, 1.82) is 0 Å². The van der Waals surface area contributed by atoms with Crippen molar-refractivity contribution in [2.24, 2.45) is 0 Å². The molecule has 7 heteroatoms. The molecule has 0 bridgehead atoms. The van der Waals surface area contributed by atoms with Crippen molar-refractivity contribution >= 4 is 26.6 Å². The quantitative estimate of drug-likeness (QED) is 0.806. The van der Waals surface area contributed by atoms with Crippen LogP contribution in [0, 0.1) is 0 Å². The van der Waals surface area contributed by atoms with Crippen molar-refractivity contribution in [2.45, 2.75) is 11.1 Å². The molecular formula is C7H4BrF3O2S. The Labute approximate surface area is 87.8 Å². The number of thiol groups is 1. The summed E-state index contributed by atoms with van der Waals surface area (Å²) in [6.07, 6.45) is -4.54. The van der Waals surface area contributed by atoms with E-state index in [1.165, 1.54) is 0 Å². The molecule has 0 N–H and O–H groups in total. The number of hydrogen-bond donors (Lipinski definition) is 1. The minimum absolute atomic E-state index is 0.0847. The van der Waals surface area contributed by atoms with Crippen molar-refractivity contribution < 1.29 is 21.6 Å². The molecule has 0 unspecified atom stereocenters. The molecule has 0 radical (unpaired) electrons. The molecule has 0 amide bonds. The molecule has 0 saturated heterocycles. The summed E-state index contributed by atoms with van der Waals surface area (Å²) in [5.41, 5.74) is -0.985. The maximum absolute atomic E-state index is 12.2. The predicted molar refractivity (Wildman–Crippen MR) is 47.7 cm³/mol. The van der Waals surface area contributed by atoms with Gasteiger partial charge in [0.05, 0.1) is 10.5 Å². The van der Waals surface area contributed by atoms with E-state index in [0.717, 1.165) is 12.1 Å². The van der Waals surface area contributed by atoms with Gasteiger partial charge in [0.25, 0.3) is 0 Å². The maximum Gasteiger partial charge on any atom is 0.416 e. The topological polar surface area (TPSA) is 34.1 Å². The fourth-order valence-electron chi connectivity index (χ4n) is 0.843. The third kappa shape index (κ3) is 2.71. The van der Waals surface area contributed by atoms with Gasteiger partial charge in [-0.1, -0.05) is 15.9 Å². The van der Waals surface area contributed by atoms with Gasteiger partial charge in [-0.3, -0.25) is 0 Å². The predicted octanol–water partition coefficient (Wildman–Crippen LogP) is 2.44. The van der Waals surface area contributed by atoms with Gasteiger partial charge in [0, 0.05) is 4.47 Å². The summed E-state index contributed by atoms with van der Waals surface area (Å²) < 4.78 is 57.6. The second-order valence-electron chi connectivity index (χ2n) is 2.45. The standard InChI is InChI=1S/C7H4BrF3O2S/c8-5-1-4(7(9,10)11)2-6(3-5)14(12)13/h1-3,14H. The summed E-state index contributed by atoms with van der Waals surface area (Å²) >= 11 is 2.81. The lowest BCUT2D eigenvalue weighted by Gasteiger charge is -2.07. The van der Waals surface area contributed by atoms with Crippen LogP contribution in [0.1, 0.15) is 5.56 Å². The number of benzene rings is 1. The Morgan fingerprint density at radius 2 is 1.71 bits per heavy atom. The fourth-order valence-corrected chi connectivity index (χ4v) is 2.00. The van der Waals surface area contributed by atoms with Gasteiger partial charge >= 0.3 is 6.18 Å². The second-order valence-corrected chi connectivity index (χ2v) is 4.40. The van der Waals surface area contributed by atoms with Crippen LogP contribution in [0.2, 0.25) is 0 Å². The average molecular weight is 289 g/mol. The highest BCUT2D eigenvalue weighted by Gasteiger charge is 2.31. The van der Waals surface area contributed by atoms with E-state index >= 15 is 0 Å². The molecule has 0 saturated carbocycles. The Kier molecular flexibility index (Phi) is 3.20. The van der Waals surface area contributed by atoms with Crippen molar-refractivity contribution in [3.63, 3.8) is 0 Å². The first-order valence-corrected chi connectivity index (χ1v) is 5.30. The molecule has 78 valence electrons. The van der Waals surface area contributed by atoms with Crippen LogP contribution in [0.4, 0.5) is 13.2 Å². The van der Waals surface area contributed by atoms with Crippen molar-refractivity contribution in [3.05, 3.63) is 28.2 Å². The fraction of sp³-hybridized carbons (Fsp3) is 0.143. The summed E-state index contributed by atoms with van der Waals surface area (Å²) in [7, 11) is -3.01. The van der Waals surface area contributed by atoms with E-state index in [0.29, 0.717) is 6.07 Å². The molecule has 1 aromatic rings. The number of halogens is 4. The van der Waals surface area contributed by atoms with E-state index in [4.69, 9.17) is 0 Å². The summed E-state index contributed by atoms with van der Waals surface area (Å²) in [6.45, 7) is 0. The van der Waals surface area contributed by atoms with Crippen LogP contribution < -0.4 is 0 Å². The van der Waals surface area contributed by atoms with E-state index in [1.54, 1.807) is 0 Å². The van der Waals surface area contributed by atoms with E-state index in [2.05, 4.69) is 15.9 Å². The van der Waals surface area contributed by atoms with E-state index < -0.39 is 22.4 Å². The summed E-state index contributed by atoms with van der Waals surface area (Å²) in [6, 6.07) is 2.53. The molecule has 0 atom stereocenters. The van der Waals surface area contributed by atoms with Gasteiger partial charge in [0.2, 0.25) is 0 Å². The summed E-state index contributed by atoms with van der Waals surface area (Å²) in [4.78, 5) is -0.360. The van der Waals surface area contributed by atoms with Crippen LogP contribution in [-0.2, 0) is 16.9 Å². The third-order valence-electron chi connectivity index (χ3n) is 1.42. The van der Waals surface area contributed by atoms with E-state index in [-0.39, 0.29) is 9.37 Å². The monoisotopic (exact) mass is 288 g/mol. The molecule has 1 rings (SSSR count). The van der Waals surface area contributed by atoms with Crippen LogP contribution in [0.15, 0.2) is 27.6 Å². The molecule has 14 heavy (non-hydrogen) atoms. The van der Waals surface area contributed by atoms with Gasteiger partial charge in [-0.2, -0.15) is 13.2 Å². The van der Waals surface area contributed by atoms with Crippen LogP contribution in [0.5, 0.6) is 0 Å². The largest absolute Gasteiger partial charge is 0.416 e. The molecular weight excluding hydrogens is 285 g/mol. The molecule has 0 aromatic heterocycles.